The minimum Gasteiger partial charge on any atom is -0.495 e. The lowest BCUT2D eigenvalue weighted by atomic mass is 9.96. The van der Waals surface area contributed by atoms with Crippen molar-refractivity contribution in [1.29, 1.82) is 0 Å². The molecule has 0 radical (unpaired) electrons. The van der Waals surface area contributed by atoms with Crippen molar-refractivity contribution in [2.24, 2.45) is 0 Å². The van der Waals surface area contributed by atoms with Crippen LogP contribution in [0, 0.1) is 0 Å². The number of aliphatic hydroxyl groups is 2. The van der Waals surface area contributed by atoms with E-state index in [0.717, 1.165) is 0 Å². The SMILES string of the molecule is COc1ccc(S(=O)(=O)O)cc1Nc1ccc2c(-c3ccccc3S(=O)(=O)O)c3ccc(N(CCO)CCO)cc3[o+]c2c1. The molecule has 44 heavy (non-hydrogen) atoms. The van der Waals surface area contributed by atoms with Crippen molar-refractivity contribution in [3.05, 3.63) is 78.9 Å². The average molecular weight is 642 g/mol. The summed E-state index contributed by atoms with van der Waals surface area (Å²) in [6.07, 6.45) is 0. The molecule has 14 heteroatoms. The highest BCUT2D eigenvalue weighted by Crippen LogP contribution is 2.41. The Kier molecular flexibility index (Phi) is 8.74. The van der Waals surface area contributed by atoms with E-state index in [0.29, 0.717) is 44.6 Å². The highest BCUT2D eigenvalue weighted by Gasteiger charge is 2.26. The molecule has 5 aromatic rings. The number of fused-ring (bicyclic) bond motifs is 2. The van der Waals surface area contributed by atoms with Crippen LogP contribution < -0.4 is 15.0 Å². The topological polar surface area (TPSA) is 185 Å². The molecule has 12 nitrogen and oxygen atoms in total. The van der Waals surface area contributed by atoms with Crippen LogP contribution >= 0.6 is 0 Å². The third kappa shape index (κ3) is 6.31. The third-order valence-electron chi connectivity index (χ3n) is 6.99. The molecule has 0 bridgehead atoms. The van der Waals surface area contributed by atoms with Gasteiger partial charge in [0.05, 0.1) is 53.8 Å². The van der Waals surface area contributed by atoms with E-state index >= 15 is 0 Å². The van der Waals surface area contributed by atoms with Crippen LogP contribution in [-0.4, -0.2) is 69.6 Å². The number of aliphatic hydroxyl groups excluding tert-OH is 2. The first kappa shape index (κ1) is 31.1. The summed E-state index contributed by atoms with van der Waals surface area (Å²) in [5.41, 5.74) is 2.68. The van der Waals surface area contributed by atoms with E-state index in [2.05, 4.69) is 5.32 Å². The molecule has 0 unspecified atom stereocenters. The standard InChI is InChI=1S/C30H28N2O10S2/c1-41-26-11-8-21(43(35,36)37)18-25(26)31-19-6-9-22-27(16-19)42-28-17-20(32(12-14-33)13-15-34)7-10-23(28)30(22)24-4-2-3-5-29(24)44(38,39)40/h2-11,16-18,31,33-34H,12-15H2,1H3,(H-,35,36,37,38,39,40)/p+1. The lowest BCUT2D eigenvalue weighted by molar-refractivity contribution is 0.281. The fourth-order valence-corrected chi connectivity index (χ4v) is 6.26. The molecule has 0 aliphatic heterocycles. The van der Waals surface area contributed by atoms with Crippen molar-refractivity contribution >= 4 is 59.2 Å². The number of methoxy groups -OCH3 is 1. The summed E-state index contributed by atoms with van der Waals surface area (Å²) in [5.74, 6) is 0.299. The summed E-state index contributed by atoms with van der Waals surface area (Å²) in [4.78, 5) is 1.12. The minimum absolute atomic E-state index is 0.156. The minimum atomic E-state index is -4.62. The first-order valence-electron chi connectivity index (χ1n) is 13.2. The van der Waals surface area contributed by atoms with Crippen LogP contribution in [0.25, 0.3) is 33.1 Å². The zero-order valence-corrected chi connectivity index (χ0v) is 25.0. The molecule has 0 fully saturated rings. The van der Waals surface area contributed by atoms with Gasteiger partial charge in [-0.25, -0.2) is 4.42 Å². The predicted molar refractivity (Wildman–Crippen MR) is 166 cm³/mol. The van der Waals surface area contributed by atoms with Gasteiger partial charge in [0.1, 0.15) is 10.6 Å². The number of nitrogens with zero attached hydrogens (tertiary/aromatic N) is 1. The largest absolute Gasteiger partial charge is 0.495 e. The Morgan fingerprint density at radius 3 is 2.09 bits per heavy atom. The Morgan fingerprint density at radius 1 is 0.795 bits per heavy atom. The fourth-order valence-electron chi connectivity index (χ4n) is 5.05. The molecule has 0 atom stereocenters. The van der Waals surface area contributed by atoms with Gasteiger partial charge in [0.2, 0.25) is 0 Å². The Balaban J connectivity index is 1.76. The molecular weight excluding hydrogens is 612 g/mol. The van der Waals surface area contributed by atoms with Gasteiger partial charge in [-0.05, 0) is 48.5 Å². The predicted octanol–water partition coefficient (Wildman–Crippen LogP) is 4.57. The van der Waals surface area contributed by atoms with Crippen LogP contribution in [0.15, 0.2) is 93.1 Å². The van der Waals surface area contributed by atoms with E-state index in [1.165, 1.54) is 37.4 Å². The molecule has 0 saturated heterocycles. The smallest absolute Gasteiger partial charge is 0.363 e. The van der Waals surface area contributed by atoms with Crippen molar-refractivity contribution in [2.45, 2.75) is 9.79 Å². The molecule has 5 rings (SSSR count). The normalized spacial score (nSPS) is 12.0. The summed E-state index contributed by atoms with van der Waals surface area (Å²) in [5, 5.41) is 23.2. The monoisotopic (exact) mass is 641 g/mol. The Bertz CT molecular complexity index is 2080. The Hall–Kier alpha value is -4.31. The number of hydrogen-bond donors (Lipinski definition) is 5. The van der Waals surface area contributed by atoms with Crippen molar-refractivity contribution in [2.75, 3.05) is 43.6 Å². The zero-order chi connectivity index (χ0) is 31.6. The molecule has 1 heterocycles. The number of hydrogen-bond acceptors (Lipinski definition) is 9. The molecule has 5 N–H and O–H groups in total. The van der Waals surface area contributed by atoms with Crippen molar-refractivity contribution < 1.29 is 45.3 Å². The average Bonchev–Trinajstić information content (AvgIpc) is 2.98. The number of benzene rings is 4. The van der Waals surface area contributed by atoms with E-state index in [1.54, 1.807) is 53.4 Å². The molecule has 0 amide bonds. The number of anilines is 3. The number of rotatable bonds is 11. The van der Waals surface area contributed by atoms with Crippen molar-refractivity contribution in [3.8, 4) is 16.9 Å². The fraction of sp³-hybridized carbons (Fsp3) is 0.167. The zero-order valence-electron chi connectivity index (χ0n) is 23.3. The third-order valence-corrected chi connectivity index (χ3v) is 8.75. The summed E-state index contributed by atoms with van der Waals surface area (Å²) < 4.78 is 79.5. The maximum Gasteiger partial charge on any atom is 0.363 e. The molecule has 4 aromatic carbocycles. The van der Waals surface area contributed by atoms with Crippen molar-refractivity contribution in [1.82, 2.24) is 0 Å². The van der Waals surface area contributed by atoms with E-state index in [9.17, 15) is 36.2 Å². The van der Waals surface area contributed by atoms with Gasteiger partial charge in [-0.15, -0.1) is 0 Å². The lowest BCUT2D eigenvalue weighted by Crippen LogP contribution is -2.29. The molecule has 0 aliphatic rings. The van der Waals surface area contributed by atoms with E-state index in [1.807, 2.05) is 0 Å². The molecule has 1 aromatic heterocycles. The maximum absolute atomic E-state index is 12.4. The molecular formula is C30H29N2O10S2+. The van der Waals surface area contributed by atoms with Crippen LogP contribution in [-0.2, 0) is 20.2 Å². The second kappa shape index (κ2) is 12.4. The molecule has 0 spiro atoms. The van der Waals surface area contributed by atoms with Gasteiger partial charge in [0, 0.05) is 35.6 Å². The Labute approximate surface area is 253 Å². The summed E-state index contributed by atoms with van der Waals surface area (Å²) in [6.45, 7) is 0.182. The van der Waals surface area contributed by atoms with Gasteiger partial charge in [-0.2, -0.15) is 16.8 Å². The van der Waals surface area contributed by atoms with Gasteiger partial charge in [-0.3, -0.25) is 9.11 Å². The summed E-state index contributed by atoms with van der Waals surface area (Å²) in [6, 6.07) is 20.0. The first-order chi connectivity index (χ1) is 20.9. The van der Waals surface area contributed by atoms with Gasteiger partial charge in [-0.1, -0.05) is 18.2 Å². The van der Waals surface area contributed by atoms with Crippen molar-refractivity contribution in [3.63, 3.8) is 0 Å². The van der Waals surface area contributed by atoms with E-state index < -0.39 is 20.2 Å². The highest BCUT2D eigenvalue weighted by molar-refractivity contribution is 7.86. The quantitative estimate of drug-likeness (QED) is 0.0770. The molecule has 230 valence electrons. The maximum atomic E-state index is 12.4. The van der Waals surface area contributed by atoms with Crippen LogP contribution in [0.5, 0.6) is 5.75 Å². The van der Waals surface area contributed by atoms with Gasteiger partial charge >= 0.3 is 11.2 Å². The lowest BCUT2D eigenvalue weighted by Gasteiger charge is -2.22. The molecule has 0 saturated carbocycles. The first-order valence-corrected chi connectivity index (χ1v) is 16.1. The summed E-state index contributed by atoms with van der Waals surface area (Å²) in [7, 11) is -7.71. The molecule has 0 aliphatic carbocycles. The second-order valence-electron chi connectivity index (χ2n) is 9.74. The van der Waals surface area contributed by atoms with E-state index in [-0.39, 0.29) is 47.3 Å². The van der Waals surface area contributed by atoms with E-state index in [4.69, 9.17) is 9.15 Å². The van der Waals surface area contributed by atoms with Gasteiger partial charge in [0.15, 0.2) is 0 Å². The highest BCUT2D eigenvalue weighted by atomic mass is 32.2. The number of nitrogens with one attached hydrogen (secondary N) is 1. The summed E-state index contributed by atoms with van der Waals surface area (Å²) >= 11 is 0. The second-order valence-corrected chi connectivity index (χ2v) is 12.5. The number of ether oxygens (including phenoxy) is 1. The van der Waals surface area contributed by atoms with Crippen LogP contribution in [0.2, 0.25) is 0 Å². The van der Waals surface area contributed by atoms with Gasteiger partial charge < -0.3 is 25.2 Å². The van der Waals surface area contributed by atoms with Crippen LogP contribution in [0.4, 0.5) is 17.1 Å². The van der Waals surface area contributed by atoms with Crippen LogP contribution in [0.3, 0.4) is 0 Å². The Morgan fingerprint density at radius 2 is 1.45 bits per heavy atom. The van der Waals surface area contributed by atoms with Gasteiger partial charge in [0.25, 0.3) is 20.2 Å². The van der Waals surface area contributed by atoms with Crippen LogP contribution in [0.1, 0.15) is 0 Å².